The summed E-state index contributed by atoms with van der Waals surface area (Å²) in [5.41, 5.74) is 3.17. The largest absolute Gasteiger partial charge is 0.436 e. The van der Waals surface area contributed by atoms with Gasteiger partial charge in [-0.15, -0.1) is 11.8 Å². The van der Waals surface area contributed by atoms with Crippen LogP contribution in [-0.4, -0.2) is 16.6 Å². The highest BCUT2D eigenvalue weighted by molar-refractivity contribution is 7.99. The lowest BCUT2D eigenvalue weighted by molar-refractivity contribution is -0.116. The topological polar surface area (TPSA) is 55.1 Å². The normalized spacial score (nSPS) is 10.9. The van der Waals surface area contributed by atoms with Crippen molar-refractivity contribution in [1.82, 2.24) is 4.98 Å². The summed E-state index contributed by atoms with van der Waals surface area (Å²) < 4.78 is 5.81. The van der Waals surface area contributed by atoms with E-state index in [-0.39, 0.29) is 5.91 Å². The van der Waals surface area contributed by atoms with Crippen LogP contribution >= 0.6 is 11.8 Å². The van der Waals surface area contributed by atoms with E-state index >= 15 is 0 Å². The molecule has 4 rings (SSSR count). The second kappa shape index (κ2) is 8.76. The van der Waals surface area contributed by atoms with E-state index in [4.69, 9.17) is 4.42 Å². The van der Waals surface area contributed by atoms with Gasteiger partial charge in [-0.05, 0) is 54.6 Å². The Hall–Kier alpha value is -3.05. The minimum absolute atomic E-state index is 0.0170. The number of benzene rings is 3. The van der Waals surface area contributed by atoms with Crippen molar-refractivity contribution >= 4 is 34.5 Å². The molecule has 4 nitrogen and oxygen atoms in total. The molecule has 0 aliphatic carbocycles. The number of oxazole rings is 1. The molecule has 0 bridgehead atoms. The summed E-state index contributed by atoms with van der Waals surface area (Å²) >= 11 is 1.77. The van der Waals surface area contributed by atoms with Crippen molar-refractivity contribution in [3.8, 4) is 11.5 Å². The highest BCUT2D eigenvalue weighted by Gasteiger charge is 2.09. The molecule has 3 aromatic carbocycles. The van der Waals surface area contributed by atoms with Crippen LogP contribution in [0.25, 0.3) is 22.6 Å². The fourth-order valence-electron chi connectivity index (χ4n) is 2.89. The van der Waals surface area contributed by atoms with Gasteiger partial charge in [0.1, 0.15) is 5.52 Å². The summed E-state index contributed by atoms with van der Waals surface area (Å²) in [7, 11) is 0. The molecule has 1 aromatic heterocycles. The molecular weight excluding hydrogens is 368 g/mol. The molecular formula is C23H20N2O2S. The number of nitrogens with zero attached hydrogens (tertiary/aromatic N) is 1. The predicted octanol–water partition coefficient (Wildman–Crippen LogP) is 6.01. The summed E-state index contributed by atoms with van der Waals surface area (Å²) in [6.07, 6.45) is 1.32. The molecule has 0 saturated heterocycles. The second-order valence-corrected chi connectivity index (χ2v) is 7.55. The first-order valence-corrected chi connectivity index (χ1v) is 10.2. The summed E-state index contributed by atoms with van der Waals surface area (Å²) in [5.74, 6) is 1.49. The summed E-state index contributed by atoms with van der Waals surface area (Å²) in [6, 6.07) is 25.5. The van der Waals surface area contributed by atoms with Crippen LogP contribution in [0, 0.1) is 0 Å². The molecule has 5 heteroatoms. The maximum Gasteiger partial charge on any atom is 0.227 e. The number of fused-ring (bicyclic) bond motifs is 1. The number of thioether (sulfide) groups is 1. The number of nitrogens with one attached hydrogen (secondary N) is 1. The number of aromatic nitrogens is 1. The molecule has 0 saturated carbocycles. The third-order valence-electron chi connectivity index (χ3n) is 4.25. The van der Waals surface area contributed by atoms with E-state index in [0.717, 1.165) is 34.5 Å². The highest BCUT2D eigenvalue weighted by Crippen LogP contribution is 2.26. The van der Waals surface area contributed by atoms with Gasteiger partial charge in [0.25, 0.3) is 0 Å². The van der Waals surface area contributed by atoms with E-state index in [9.17, 15) is 4.79 Å². The third kappa shape index (κ3) is 4.61. The Morgan fingerprint density at radius 2 is 1.79 bits per heavy atom. The average Bonchev–Trinajstić information content (AvgIpc) is 3.17. The van der Waals surface area contributed by atoms with Gasteiger partial charge in [0.2, 0.25) is 11.8 Å². The van der Waals surface area contributed by atoms with Gasteiger partial charge in [-0.1, -0.05) is 36.4 Å². The number of amides is 1. The molecule has 0 radical (unpaired) electrons. The maximum absolute atomic E-state index is 12.3. The fraction of sp³-hybridized carbons (Fsp3) is 0.130. The van der Waals surface area contributed by atoms with E-state index in [1.807, 2.05) is 66.7 Å². The Bertz CT molecular complexity index is 1040. The lowest BCUT2D eigenvalue weighted by Crippen LogP contribution is -2.11. The molecule has 0 atom stereocenters. The smallest absolute Gasteiger partial charge is 0.227 e. The molecule has 140 valence electrons. The third-order valence-corrected chi connectivity index (χ3v) is 5.35. The van der Waals surface area contributed by atoms with E-state index in [2.05, 4.69) is 22.4 Å². The van der Waals surface area contributed by atoms with Gasteiger partial charge in [0, 0.05) is 22.6 Å². The van der Waals surface area contributed by atoms with Crippen molar-refractivity contribution < 1.29 is 9.21 Å². The molecule has 1 heterocycles. The minimum atomic E-state index is 0.0170. The Balaban J connectivity index is 1.33. The van der Waals surface area contributed by atoms with E-state index in [0.29, 0.717) is 12.3 Å². The minimum Gasteiger partial charge on any atom is -0.436 e. The number of hydrogen-bond donors (Lipinski definition) is 1. The Morgan fingerprint density at radius 1 is 0.964 bits per heavy atom. The van der Waals surface area contributed by atoms with Crippen molar-refractivity contribution in [2.45, 2.75) is 17.7 Å². The van der Waals surface area contributed by atoms with Gasteiger partial charge in [0.15, 0.2) is 5.58 Å². The van der Waals surface area contributed by atoms with Gasteiger partial charge >= 0.3 is 0 Å². The molecule has 0 aliphatic rings. The van der Waals surface area contributed by atoms with Crippen LogP contribution in [0.4, 0.5) is 5.69 Å². The molecule has 4 aromatic rings. The van der Waals surface area contributed by atoms with Crippen LogP contribution in [0.5, 0.6) is 0 Å². The van der Waals surface area contributed by atoms with Crippen molar-refractivity contribution in [3.05, 3.63) is 78.9 Å². The Labute approximate surface area is 168 Å². The number of carbonyl (C=O) groups excluding carboxylic acids is 1. The maximum atomic E-state index is 12.3. The van der Waals surface area contributed by atoms with Crippen LogP contribution in [0.3, 0.4) is 0 Å². The summed E-state index contributed by atoms with van der Waals surface area (Å²) in [5, 5.41) is 2.97. The fourth-order valence-corrected chi connectivity index (χ4v) is 3.76. The lowest BCUT2D eigenvalue weighted by Gasteiger charge is -2.06. The van der Waals surface area contributed by atoms with Gasteiger partial charge in [-0.25, -0.2) is 4.98 Å². The van der Waals surface area contributed by atoms with Gasteiger partial charge in [-0.2, -0.15) is 0 Å². The number of rotatable bonds is 7. The molecule has 0 fully saturated rings. The second-order valence-electron chi connectivity index (χ2n) is 6.38. The summed E-state index contributed by atoms with van der Waals surface area (Å²) in [6.45, 7) is 0. The molecule has 0 aliphatic heterocycles. The van der Waals surface area contributed by atoms with Crippen molar-refractivity contribution in [3.63, 3.8) is 0 Å². The average molecular weight is 388 g/mol. The first-order valence-electron chi connectivity index (χ1n) is 9.22. The standard InChI is InChI=1S/C23H20N2O2S/c26-22(14-7-15-28-19-10-2-1-3-11-19)24-18-9-6-8-17(16-18)23-25-20-12-4-5-13-21(20)27-23/h1-6,8-13,16H,7,14-15H2,(H,24,26). The summed E-state index contributed by atoms with van der Waals surface area (Å²) in [4.78, 5) is 18.0. The van der Waals surface area contributed by atoms with Crippen LogP contribution in [0.2, 0.25) is 0 Å². The van der Waals surface area contributed by atoms with E-state index in [1.165, 1.54) is 4.90 Å². The number of anilines is 1. The van der Waals surface area contributed by atoms with Crippen molar-refractivity contribution in [1.29, 1.82) is 0 Å². The first kappa shape index (κ1) is 18.3. The first-order chi connectivity index (χ1) is 13.8. The molecule has 1 N–H and O–H groups in total. The van der Waals surface area contributed by atoms with Gasteiger partial charge in [0.05, 0.1) is 0 Å². The Morgan fingerprint density at radius 3 is 2.64 bits per heavy atom. The van der Waals surface area contributed by atoms with E-state index in [1.54, 1.807) is 11.8 Å². The lowest BCUT2D eigenvalue weighted by atomic mass is 10.2. The van der Waals surface area contributed by atoms with Crippen LogP contribution in [0.1, 0.15) is 12.8 Å². The number of para-hydroxylation sites is 2. The van der Waals surface area contributed by atoms with Crippen LogP contribution in [-0.2, 0) is 4.79 Å². The number of hydrogen-bond acceptors (Lipinski definition) is 4. The number of carbonyl (C=O) groups is 1. The van der Waals surface area contributed by atoms with Crippen LogP contribution in [0.15, 0.2) is 88.2 Å². The Kier molecular flexibility index (Phi) is 5.73. The zero-order chi connectivity index (χ0) is 19.2. The van der Waals surface area contributed by atoms with Crippen molar-refractivity contribution in [2.24, 2.45) is 0 Å². The van der Waals surface area contributed by atoms with E-state index < -0.39 is 0 Å². The zero-order valence-electron chi connectivity index (χ0n) is 15.3. The van der Waals surface area contributed by atoms with Crippen molar-refractivity contribution in [2.75, 3.05) is 11.1 Å². The monoisotopic (exact) mass is 388 g/mol. The molecule has 1 amide bonds. The SMILES string of the molecule is O=C(CCCSc1ccccc1)Nc1cccc(-c2nc3ccccc3o2)c1. The quantitative estimate of drug-likeness (QED) is 0.311. The van der Waals surface area contributed by atoms with Gasteiger partial charge < -0.3 is 9.73 Å². The highest BCUT2D eigenvalue weighted by atomic mass is 32.2. The predicted molar refractivity (Wildman–Crippen MR) is 114 cm³/mol. The molecule has 0 unspecified atom stereocenters. The zero-order valence-corrected chi connectivity index (χ0v) is 16.1. The van der Waals surface area contributed by atoms with Crippen LogP contribution < -0.4 is 5.32 Å². The van der Waals surface area contributed by atoms with Gasteiger partial charge in [-0.3, -0.25) is 4.79 Å². The molecule has 28 heavy (non-hydrogen) atoms. The molecule has 0 spiro atoms.